The van der Waals surface area contributed by atoms with Crippen molar-refractivity contribution in [3.8, 4) is 22.5 Å². The van der Waals surface area contributed by atoms with Gasteiger partial charge in [-0.2, -0.15) is 0 Å². The summed E-state index contributed by atoms with van der Waals surface area (Å²) in [4.78, 5) is 55.9. The summed E-state index contributed by atoms with van der Waals surface area (Å²) in [6.45, 7) is 0.452. The lowest BCUT2D eigenvalue weighted by molar-refractivity contribution is -0.172. The molecule has 3 aromatic carbocycles. The SMILES string of the molecule is CC[C@@]1(O)C(=O)OCc2c1cc1n(c2=O)Cc2c-1nc1cc(F)c(F)cc1c2COCNC(=O)CNC(=O)OCC1c2ccccc2-c2ccccc21. The molecule has 1 atom stereocenters. The zero-order valence-electron chi connectivity index (χ0n) is 28.3. The van der Waals surface area contributed by atoms with Gasteiger partial charge in [-0.3, -0.25) is 9.59 Å². The third-order valence-electron chi connectivity index (χ3n) is 10.2. The molecule has 2 aromatic heterocycles. The van der Waals surface area contributed by atoms with Crippen LogP contribution in [0, 0.1) is 11.6 Å². The number of amides is 2. The average molecular weight is 723 g/mol. The first kappa shape index (κ1) is 34.1. The Bertz CT molecular complexity index is 2390. The summed E-state index contributed by atoms with van der Waals surface area (Å²) < 4.78 is 46.7. The molecule has 0 radical (unpaired) electrons. The molecule has 1 aliphatic carbocycles. The molecule has 0 unspecified atom stereocenters. The molecule has 0 spiro atoms. The molecule has 0 saturated carbocycles. The van der Waals surface area contributed by atoms with Crippen LogP contribution in [0.4, 0.5) is 13.6 Å². The second-order valence-corrected chi connectivity index (χ2v) is 13.1. The molecule has 3 N–H and O–H groups in total. The van der Waals surface area contributed by atoms with Crippen LogP contribution in [0.15, 0.2) is 71.5 Å². The Morgan fingerprint density at radius 2 is 1.70 bits per heavy atom. The summed E-state index contributed by atoms with van der Waals surface area (Å²) in [7, 11) is 0. The Morgan fingerprint density at radius 3 is 2.42 bits per heavy atom. The van der Waals surface area contributed by atoms with E-state index in [9.17, 15) is 33.1 Å². The molecule has 3 aliphatic rings. The van der Waals surface area contributed by atoms with E-state index >= 15 is 0 Å². The first-order valence-electron chi connectivity index (χ1n) is 17.0. The van der Waals surface area contributed by atoms with E-state index in [1.54, 1.807) is 6.92 Å². The lowest BCUT2D eigenvalue weighted by Gasteiger charge is -2.31. The van der Waals surface area contributed by atoms with E-state index in [1.807, 2.05) is 48.5 Å². The van der Waals surface area contributed by atoms with Gasteiger partial charge in [-0.15, -0.1) is 0 Å². The van der Waals surface area contributed by atoms with Gasteiger partial charge in [0.25, 0.3) is 5.56 Å². The zero-order chi connectivity index (χ0) is 37.0. The standard InChI is InChI=1S/C39H32F2N4O8/c1-2-39(50)29-12-33-35-25(15-45(33)36(47)28(29)18-52-37(39)48)26(24-11-30(40)31(41)13-32(24)44-35)16-51-19-43-34(46)14-42-38(49)53-17-27-22-9-5-3-7-20(22)21-8-4-6-10-23(21)27/h3-13,27,50H,2,14-19H2,1H3,(H,42,49)(H,43,46)/t39-/m0/s1. The number of nitrogens with one attached hydrogen (secondary N) is 2. The number of pyridine rings is 2. The van der Waals surface area contributed by atoms with Crippen molar-refractivity contribution in [1.29, 1.82) is 0 Å². The summed E-state index contributed by atoms with van der Waals surface area (Å²) in [6.07, 6.45) is -0.809. The number of carbonyl (C=O) groups is 3. The Hall–Kier alpha value is -5.99. The number of esters is 1. The highest BCUT2D eigenvalue weighted by Crippen LogP contribution is 2.45. The summed E-state index contributed by atoms with van der Waals surface area (Å²) in [5, 5.41) is 16.4. The van der Waals surface area contributed by atoms with Crippen LogP contribution in [0.1, 0.15) is 52.6 Å². The van der Waals surface area contributed by atoms with E-state index in [0.29, 0.717) is 11.1 Å². The van der Waals surface area contributed by atoms with Crippen LogP contribution in [0.3, 0.4) is 0 Å². The Kier molecular flexibility index (Phi) is 8.50. The van der Waals surface area contributed by atoms with Gasteiger partial charge in [0.15, 0.2) is 17.2 Å². The highest BCUT2D eigenvalue weighted by atomic mass is 19.2. The highest BCUT2D eigenvalue weighted by Gasteiger charge is 2.45. The minimum absolute atomic E-state index is 0.00761. The molecule has 0 fully saturated rings. The monoisotopic (exact) mass is 722 g/mol. The van der Waals surface area contributed by atoms with Gasteiger partial charge in [0, 0.05) is 28.5 Å². The molecule has 53 heavy (non-hydrogen) atoms. The van der Waals surface area contributed by atoms with Crippen molar-refractivity contribution in [3.05, 3.63) is 122 Å². The van der Waals surface area contributed by atoms with E-state index in [1.165, 1.54) is 10.6 Å². The predicted molar refractivity (Wildman–Crippen MR) is 185 cm³/mol. The number of fused-ring (bicyclic) bond motifs is 8. The Balaban J connectivity index is 0.938. The summed E-state index contributed by atoms with van der Waals surface area (Å²) in [6, 6.07) is 19.3. The van der Waals surface area contributed by atoms with E-state index in [2.05, 4.69) is 15.6 Å². The van der Waals surface area contributed by atoms with Crippen LogP contribution in [0.2, 0.25) is 0 Å². The highest BCUT2D eigenvalue weighted by molar-refractivity contribution is 5.89. The van der Waals surface area contributed by atoms with Crippen molar-refractivity contribution in [2.24, 2.45) is 0 Å². The number of cyclic esters (lactones) is 1. The third kappa shape index (κ3) is 5.70. The molecule has 5 aromatic rings. The maximum Gasteiger partial charge on any atom is 0.407 e. The zero-order valence-corrected chi connectivity index (χ0v) is 28.3. The lowest BCUT2D eigenvalue weighted by atomic mass is 9.86. The number of aliphatic hydroxyl groups is 1. The van der Waals surface area contributed by atoms with Crippen LogP contribution in [-0.2, 0) is 49.2 Å². The number of ether oxygens (including phenoxy) is 3. The quantitative estimate of drug-likeness (QED) is 0.111. The maximum absolute atomic E-state index is 14.5. The largest absolute Gasteiger partial charge is 0.458 e. The second kappa shape index (κ2) is 13.2. The number of hydrogen-bond acceptors (Lipinski definition) is 9. The summed E-state index contributed by atoms with van der Waals surface area (Å²) in [5.74, 6) is -3.82. The van der Waals surface area contributed by atoms with Crippen molar-refractivity contribution in [2.75, 3.05) is 19.9 Å². The molecule has 0 saturated heterocycles. The van der Waals surface area contributed by atoms with Crippen LogP contribution < -0.4 is 16.2 Å². The molecule has 270 valence electrons. The van der Waals surface area contributed by atoms with Gasteiger partial charge in [-0.05, 0) is 46.4 Å². The van der Waals surface area contributed by atoms with Crippen molar-refractivity contribution in [1.82, 2.24) is 20.2 Å². The van der Waals surface area contributed by atoms with Gasteiger partial charge in [0.1, 0.15) is 26.5 Å². The van der Waals surface area contributed by atoms with Gasteiger partial charge < -0.3 is 34.5 Å². The average Bonchev–Trinajstić information content (AvgIpc) is 3.69. The minimum Gasteiger partial charge on any atom is -0.458 e. The minimum atomic E-state index is -2.04. The molecule has 2 aliphatic heterocycles. The van der Waals surface area contributed by atoms with Gasteiger partial charge in [-0.1, -0.05) is 55.5 Å². The number of hydrogen-bond donors (Lipinski definition) is 3. The fourth-order valence-electron chi connectivity index (χ4n) is 7.47. The Morgan fingerprint density at radius 1 is 1.00 bits per heavy atom. The van der Waals surface area contributed by atoms with E-state index < -0.39 is 47.3 Å². The van der Waals surface area contributed by atoms with Crippen LogP contribution in [0.25, 0.3) is 33.4 Å². The fourth-order valence-corrected chi connectivity index (χ4v) is 7.47. The summed E-state index contributed by atoms with van der Waals surface area (Å²) >= 11 is 0. The number of rotatable bonds is 9. The lowest BCUT2D eigenvalue weighted by Crippen LogP contribution is -2.44. The third-order valence-corrected chi connectivity index (χ3v) is 10.2. The molecule has 4 heterocycles. The van der Waals surface area contributed by atoms with Crippen LogP contribution >= 0.6 is 0 Å². The maximum atomic E-state index is 14.5. The van der Waals surface area contributed by atoms with Gasteiger partial charge in [0.2, 0.25) is 5.91 Å². The van der Waals surface area contributed by atoms with E-state index in [0.717, 1.165) is 34.4 Å². The predicted octanol–water partition coefficient (Wildman–Crippen LogP) is 4.49. The first-order chi connectivity index (χ1) is 25.6. The van der Waals surface area contributed by atoms with Crippen molar-refractivity contribution in [2.45, 2.75) is 44.6 Å². The molecular weight excluding hydrogens is 690 g/mol. The Labute approximate surface area is 300 Å². The molecule has 0 bridgehead atoms. The topological polar surface area (TPSA) is 158 Å². The molecule has 12 nitrogen and oxygen atoms in total. The number of alkyl carbamates (subject to hydrolysis) is 1. The normalized spacial score (nSPS) is 16.6. The second-order valence-electron chi connectivity index (χ2n) is 13.1. The van der Waals surface area contributed by atoms with Crippen molar-refractivity contribution >= 4 is 28.9 Å². The molecule has 14 heteroatoms. The number of carbonyl (C=O) groups excluding carboxylic acids is 3. The number of nitrogens with zero attached hydrogens (tertiary/aromatic N) is 2. The fraction of sp³-hybridized carbons (Fsp3) is 0.256. The molecule has 2 amide bonds. The summed E-state index contributed by atoms with van der Waals surface area (Å²) in [5.41, 5.74) is 3.51. The smallest absolute Gasteiger partial charge is 0.407 e. The van der Waals surface area contributed by atoms with Crippen LogP contribution in [0.5, 0.6) is 0 Å². The van der Waals surface area contributed by atoms with Gasteiger partial charge >= 0.3 is 12.1 Å². The first-order valence-corrected chi connectivity index (χ1v) is 17.0. The number of aromatic nitrogens is 2. The molecule has 8 rings (SSSR count). The van der Waals surface area contributed by atoms with Gasteiger partial charge in [-0.25, -0.2) is 23.4 Å². The van der Waals surface area contributed by atoms with E-state index in [-0.39, 0.29) is 78.9 Å². The van der Waals surface area contributed by atoms with Crippen molar-refractivity contribution in [3.63, 3.8) is 0 Å². The van der Waals surface area contributed by atoms with Gasteiger partial charge in [0.05, 0.1) is 35.6 Å². The number of halogens is 2. The van der Waals surface area contributed by atoms with Crippen molar-refractivity contribution < 1.29 is 42.5 Å². The van der Waals surface area contributed by atoms with E-state index in [4.69, 9.17) is 14.2 Å². The van der Waals surface area contributed by atoms with Crippen LogP contribution in [-0.4, -0.2) is 52.5 Å². The number of benzene rings is 3. The molecular formula is C39H32F2N4O8.